The summed E-state index contributed by atoms with van der Waals surface area (Å²) in [5, 5.41) is 0. The highest BCUT2D eigenvalue weighted by Gasteiger charge is 2.31. The first-order valence-electron chi connectivity index (χ1n) is 5.37. The third kappa shape index (κ3) is 3.63. The first kappa shape index (κ1) is 13.8. The van der Waals surface area contributed by atoms with Crippen molar-refractivity contribution in [1.82, 2.24) is 0 Å². The molecule has 0 radical (unpaired) electrons. The molecule has 0 aromatic heterocycles. The Labute approximate surface area is 98.6 Å². The SMILES string of the molecule is CCC(C)(CN)Oc1cccc(C(F)(F)F)c1. The molecule has 0 saturated heterocycles. The molecule has 0 aliphatic heterocycles. The van der Waals surface area contributed by atoms with Crippen molar-refractivity contribution >= 4 is 0 Å². The lowest BCUT2D eigenvalue weighted by atomic mass is 10.0. The molecule has 5 heteroatoms. The minimum absolute atomic E-state index is 0.189. The largest absolute Gasteiger partial charge is 0.486 e. The molecule has 0 fully saturated rings. The predicted octanol–water partition coefficient (Wildman–Crippen LogP) is 3.21. The molecule has 0 bridgehead atoms. The van der Waals surface area contributed by atoms with Gasteiger partial charge in [-0.15, -0.1) is 0 Å². The van der Waals surface area contributed by atoms with E-state index in [1.807, 2.05) is 6.92 Å². The highest BCUT2D eigenvalue weighted by Crippen LogP contribution is 2.32. The third-order valence-electron chi connectivity index (χ3n) is 2.71. The molecule has 0 heterocycles. The molecule has 1 aromatic rings. The summed E-state index contributed by atoms with van der Waals surface area (Å²) < 4.78 is 43.0. The Bertz CT molecular complexity index is 372. The fourth-order valence-corrected chi connectivity index (χ4v) is 1.28. The normalized spacial score (nSPS) is 15.4. The topological polar surface area (TPSA) is 35.2 Å². The van der Waals surface area contributed by atoms with Crippen molar-refractivity contribution in [3.8, 4) is 5.75 Å². The van der Waals surface area contributed by atoms with E-state index in [2.05, 4.69) is 0 Å². The number of ether oxygens (including phenoxy) is 1. The first-order valence-corrected chi connectivity index (χ1v) is 5.37. The van der Waals surface area contributed by atoms with Crippen LogP contribution in [0.15, 0.2) is 24.3 Å². The van der Waals surface area contributed by atoms with E-state index in [1.54, 1.807) is 6.92 Å². The van der Waals surface area contributed by atoms with E-state index >= 15 is 0 Å². The zero-order valence-electron chi connectivity index (χ0n) is 9.84. The molecule has 0 amide bonds. The monoisotopic (exact) mass is 247 g/mol. The Hall–Kier alpha value is -1.23. The molecule has 1 atom stereocenters. The lowest BCUT2D eigenvalue weighted by Gasteiger charge is -2.28. The van der Waals surface area contributed by atoms with Crippen LogP contribution in [0.3, 0.4) is 0 Å². The minimum atomic E-state index is -4.36. The zero-order valence-corrected chi connectivity index (χ0v) is 9.84. The van der Waals surface area contributed by atoms with E-state index in [1.165, 1.54) is 12.1 Å². The van der Waals surface area contributed by atoms with Crippen molar-refractivity contribution in [3.05, 3.63) is 29.8 Å². The molecule has 0 aliphatic carbocycles. The van der Waals surface area contributed by atoms with E-state index in [0.29, 0.717) is 6.42 Å². The van der Waals surface area contributed by atoms with Crippen molar-refractivity contribution in [1.29, 1.82) is 0 Å². The summed E-state index contributed by atoms with van der Waals surface area (Å²) in [6, 6.07) is 4.83. The van der Waals surface area contributed by atoms with Crippen molar-refractivity contribution < 1.29 is 17.9 Å². The van der Waals surface area contributed by atoms with Gasteiger partial charge in [-0.2, -0.15) is 13.2 Å². The van der Waals surface area contributed by atoms with E-state index < -0.39 is 17.3 Å². The Kier molecular flexibility index (Phi) is 4.03. The number of nitrogens with two attached hydrogens (primary N) is 1. The molecule has 17 heavy (non-hydrogen) atoms. The van der Waals surface area contributed by atoms with Gasteiger partial charge in [-0.25, -0.2) is 0 Å². The molecule has 0 spiro atoms. The lowest BCUT2D eigenvalue weighted by molar-refractivity contribution is -0.137. The fourth-order valence-electron chi connectivity index (χ4n) is 1.28. The Morgan fingerprint density at radius 3 is 2.41 bits per heavy atom. The van der Waals surface area contributed by atoms with Crippen molar-refractivity contribution in [2.75, 3.05) is 6.54 Å². The van der Waals surface area contributed by atoms with Gasteiger partial charge in [-0.05, 0) is 31.5 Å². The number of rotatable bonds is 4. The van der Waals surface area contributed by atoms with Crippen LogP contribution in [-0.4, -0.2) is 12.1 Å². The molecule has 96 valence electrons. The highest BCUT2D eigenvalue weighted by molar-refractivity contribution is 5.30. The van der Waals surface area contributed by atoms with Crippen LogP contribution in [0.5, 0.6) is 5.75 Å². The Morgan fingerprint density at radius 2 is 1.94 bits per heavy atom. The number of benzene rings is 1. The quantitative estimate of drug-likeness (QED) is 0.886. The van der Waals surface area contributed by atoms with Crippen molar-refractivity contribution in [2.45, 2.75) is 32.0 Å². The van der Waals surface area contributed by atoms with Crippen LogP contribution in [0.25, 0.3) is 0 Å². The molecular formula is C12H16F3NO. The molecule has 2 nitrogen and oxygen atoms in total. The van der Waals surface area contributed by atoms with Crippen LogP contribution in [0.4, 0.5) is 13.2 Å². The maximum atomic E-state index is 12.5. The van der Waals surface area contributed by atoms with E-state index in [4.69, 9.17) is 10.5 Å². The highest BCUT2D eigenvalue weighted by atomic mass is 19.4. The molecule has 1 rings (SSSR count). The smallest absolute Gasteiger partial charge is 0.416 e. The van der Waals surface area contributed by atoms with Gasteiger partial charge >= 0.3 is 6.18 Å². The number of alkyl halides is 3. The second-order valence-electron chi connectivity index (χ2n) is 4.14. The Morgan fingerprint density at radius 1 is 1.29 bits per heavy atom. The van der Waals surface area contributed by atoms with Gasteiger partial charge in [0.15, 0.2) is 0 Å². The summed E-state index contributed by atoms with van der Waals surface area (Å²) in [7, 11) is 0. The maximum Gasteiger partial charge on any atom is 0.416 e. The summed E-state index contributed by atoms with van der Waals surface area (Å²) in [4.78, 5) is 0. The van der Waals surface area contributed by atoms with Crippen LogP contribution >= 0.6 is 0 Å². The predicted molar refractivity (Wildman–Crippen MR) is 59.8 cm³/mol. The van der Waals surface area contributed by atoms with Gasteiger partial charge in [0, 0.05) is 6.54 Å². The van der Waals surface area contributed by atoms with Crippen LogP contribution in [0, 0.1) is 0 Å². The summed E-state index contributed by atoms with van der Waals surface area (Å²) >= 11 is 0. The minimum Gasteiger partial charge on any atom is -0.486 e. The molecule has 1 aromatic carbocycles. The number of halogens is 3. The molecular weight excluding hydrogens is 231 g/mol. The molecule has 2 N–H and O–H groups in total. The average Bonchev–Trinajstić information content (AvgIpc) is 2.28. The van der Waals surface area contributed by atoms with Crippen molar-refractivity contribution in [2.24, 2.45) is 5.73 Å². The Balaban J connectivity index is 2.93. The van der Waals surface area contributed by atoms with Gasteiger partial charge in [-0.1, -0.05) is 13.0 Å². The van der Waals surface area contributed by atoms with Gasteiger partial charge in [0.2, 0.25) is 0 Å². The number of hydrogen-bond acceptors (Lipinski definition) is 2. The van der Waals surface area contributed by atoms with Gasteiger partial charge in [0.05, 0.1) is 5.56 Å². The van der Waals surface area contributed by atoms with Crippen LogP contribution in [-0.2, 0) is 6.18 Å². The third-order valence-corrected chi connectivity index (χ3v) is 2.71. The van der Waals surface area contributed by atoms with Gasteiger partial charge in [-0.3, -0.25) is 0 Å². The zero-order chi connectivity index (χ0) is 13.1. The summed E-state index contributed by atoms with van der Waals surface area (Å²) in [6.07, 6.45) is -3.73. The van der Waals surface area contributed by atoms with E-state index in [9.17, 15) is 13.2 Å². The second-order valence-corrected chi connectivity index (χ2v) is 4.14. The van der Waals surface area contributed by atoms with Gasteiger partial charge < -0.3 is 10.5 Å². The molecule has 0 aliphatic rings. The second kappa shape index (κ2) is 4.96. The fraction of sp³-hybridized carbons (Fsp3) is 0.500. The first-order chi connectivity index (χ1) is 7.80. The average molecular weight is 247 g/mol. The van der Waals surface area contributed by atoms with E-state index in [0.717, 1.165) is 12.1 Å². The lowest BCUT2D eigenvalue weighted by Crippen LogP contribution is -2.39. The number of hydrogen-bond donors (Lipinski definition) is 1. The molecule has 0 saturated carbocycles. The van der Waals surface area contributed by atoms with Crippen LogP contribution in [0.2, 0.25) is 0 Å². The standard InChI is InChI=1S/C12H16F3NO/c1-3-11(2,8-16)17-10-6-4-5-9(7-10)12(13,14)15/h4-7H,3,8,16H2,1-2H3. The van der Waals surface area contributed by atoms with E-state index in [-0.39, 0.29) is 12.3 Å². The molecule has 1 unspecified atom stereocenters. The van der Waals surface area contributed by atoms with Crippen LogP contribution in [0.1, 0.15) is 25.8 Å². The maximum absolute atomic E-state index is 12.5. The van der Waals surface area contributed by atoms with Crippen LogP contribution < -0.4 is 10.5 Å². The van der Waals surface area contributed by atoms with Gasteiger partial charge in [0.25, 0.3) is 0 Å². The van der Waals surface area contributed by atoms with Crippen molar-refractivity contribution in [3.63, 3.8) is 0 Å². The van der Waals surface area contributed by atoms with Gasteiger partial charge in [0.1, 0.15) is 11.4 Å². The summed E-state index contributed by atoms with van der Waals surface area (Å²) in [6.45, 7) is 3.90. The summed E-state index contributed by atoms with van der Waals surface area (Å²) in [5.74, 6) is 0.189. The summed E-state index contributed by atoms with van der Waals surface area (Å²) in [5.41, 5.74) is 4.19.